The summed E-state index contributed by atoms with van der Waals surface area (Å²) >= 11 is 0. The second-order valence-electron chi connectivity index (χ2n) is 3.99. The van der Waals surface area contributed by atoms with Crippen molar-refractivity contribution in [3.05, 3.63) is 0 Å². The number of carbonyl (C=O) groups is 2. The zero-order valence-electron chi connectivity index (χ0n) is 11.3. The minimum atomic E-state index is -1.08. The molecule has 2 N–H and O–H groups in total. The first kappa shape index (κ1) is 16.7. The molecule has 2 atom stereocenters. The number of aliphatic hydroxyl groups is 1. The topological polar surface area (TPSA) is 84.9 Å². The molecule has 0 radical (unpaired) electrons. The van der Waals surface area contributed by atoms with Gasteiger partial charge in [0.15, 0.2) is 6.04 Å². The molecular weight excluding hydrogens is 238 g/mol. The summed E-state index contributed by atoms with van der Waals surface area (Å²) < 4.78 is 9.40. The lowest BCUT2D eigenvalue weighted by Crippen LogP contribution is -2.49. The van der Waals surface area contributed by atoms with E-state index in [1.807, 2.05) is 13.8 Å². The van der Waals surface area contributed by atoms with Crippen LogP contribution in [-0.2, 0) is 14.3 Å². The SMILES string of the molecule is CCCCOC(=O)NC(C(=O)OC)C(O)CCC. The minimum Gasteiger partial charge on any atom is -0.467 e. The average molecular weight is 261 g/mol. The highest BCUT2D eigenvalue weighted by Crippen LogP contribution is 2.05. The van der Waals surface area contributed by atoms with Crippen molar-refractivity contribution in [1.82, 2.24) is 5.32 Å². The quantitative estimate of drug-likeness (QED) is 0.507. The van der Waals surface area contributed by atoms with Crippen molar-refractivity contribution >= 4 is 12.1 Å². The van der Waals surface area contributed by atoms with Crippen molar-refractivity contribution in [2.75, 3.05) is 13.7 Å². The Morgan fingerprint density at radius 2 is 1.94 bits per heavy atom. The largest absolute Gasteiger partial charge is 0.467 e. The van der Waals surface area contributed by atoms with Gasteiger partial charge in [0.2, 0.25) is 0 Å². The molecule has 0 fully saturated rings. The fourth-order valence-electron chi connectivity index (χ4n) is 1.38. The highest BCUT2D eigenvalue weighted by atomic mass is 16.6. The zero-order valence-corrected chi connectivity index (χ0v) is 11.3. The van der Waals surface area contributed by atoms with Gasteiger partial charge in [-0.3, -0.25) is 0 Å². The summed E-state index contributed by atoms with van der Waals surface area (Å²) in [4.78, 5) is 22.8. The number of methoxy groups -OCH3 is 1. The number of aliphatic hydroxyl groups excluding tert-OH is 1. The fourth-order valence-corrected chi connectivity index (χ4v) is 1.38. The Hall–Kier alpha value is -1.30. The number of alkyl carbamates (subject to hydrolysis) is 1. The second-order valence-corrected chi connectivity index (χ2v) is 3.99. The molecule has 6 heteroatoms. The third-order valence-electron chi connectivity index (χ3n) is 2.43. The minimum absolute atomic E-state index is 0.292. The summed E-state index contributed by atoms with van der Waals surface area (Å²) in [5, 5.41) is 12.1. The molecule has 6 nitrogen and oxygen atoms in total. The van der Waals surface area contributed by atoms with Crippen LogP contribution in [0.1, 0.15) is 39.5 Å². The van der Waals surface area contributed by atoms with Gasteiger partial charge in [-0.1, -0.05) is 26.7 Å². The van der Waals surface area contributed by atoms with Crippen LogP contribution in [0.15, 0.2) is 0 Å². The Morgan fingerprint density at radius 1 is 1.28 bits per heavy atom. The summed E-state index contributed by atoms with van der Waals surface area (Å²) in [5.41, 5.74) is 0. The van der Waals surface area contributed by atoms with Crippen molar-refractivity contribution in [2.24, 2.45) is 0 Å². The van der Waals surface area contributed by atoms with E-state index in [0.29, 0.717) is 19.4 Å². The third kappa shape index (κ3) is 6.44. The monoisotopic (exact) mass is 261 g/mol. The van der Waals surface area contributed by atoms with Crippen LogP contribution in [-0.4, -0.2) is 43.0 Å². The van der Waals surface area contributed by atoms with Gasteiger partial charge >= 0.3 is 12.1 Å². The summed E-state index contributed by atoms with van der Waals surface area (Å²) in [5.74, 6) is -0.677. The van der Waals surface area contributed by atoms with Crippen molar-refractivity contribution in [1.29, 1.82) is 0 Å². The molecule has 0 aromatic rings. The molecule has 0 bridgehead atoms. The first-order valence-electron chi connectivity index (χ1n) is 6.25. The van der Waals surface area contributed by atoms with E-state index in [2.05, 4.69) is 10.1 Å². The average Bonchev–Trinajstić information content (AvgIpc) is 2.35. The summed E-state index contributed by atoms with van der Waals surface area (Å²) in [6.45, 7) is 4.14. The lowest BCUT2D eigenvalue weighted by molar-refractivity contribution is -0.146. The second kappa shape index (κ2) is 9.70. The van der Waals surface area contributed by atoms with Crippen LogP contribution < -0.4 is 5.32 Å². The van der Waals surface area contributed by atoms with Gasteiger partial charge in [0.05, 0.1) is 19.8 Å². The van der Waals surface area contributed by atoms with E-state index in [1.54, 1.807) is 0 Å². The maximum atomic E-state index is 11.4. The number of hydrogen-bond acceptors (Lipinski definition) is 5. The van der Waals surface area contributed by atoms with E-state index in [1.165, 1.54) is 7.11 Å². The molecule has 0 aromatic carbocycles. The van der Waals surface area contributed by atoms with Crippen LogP contribution in [0.25, 0.3) is 0 Å². The van der Waals surface area contributed by atoms with E-state index in [-0.39, 0.29) is 0 Å². The molecule has 0 aliphatic rings. The number of amides is 1. The van der Waals surface area contributed by atoms with Crippen LogP contribution in [0.5, 0.6) is 0 Å². The normalized spacial score (nSPS) is 13.6. The smallest absolute Gasteiger partial charge is 0.407 e. The van der Waals surface area contributed by atoms with E-state index in [4.69, 9.17) is 4.74 Å². The zero-order chi connectivity index (χ0) is 14.0. The van der Waals surface area contributed by atoms with Gasteiger partial charge in [-0.2, -0.15) is 0 Å². The Balaban J connectivity index is 4.31. The molecule has 0 saturated heterocycles. The van der Waals surface area contributed by atoms with Crippen LogP contribution in [0.3, 0.4) is 0 Å². The van der Waals surface area contributed by atoms with Crippen LogP contribution in [0, 0.1) is 0 Å². The molecule has 0 rings (SSSR count). The van der Waals surface area contributed by atoms with Gasteiger partial charge < -0.3 is 19.9 Å². The van der Waals surface area contributed by atoms with Crippen molar-refractivity contribution in [3.63, 3.8) is 0 Å². The highest BCUT2D eigenvalue weighted by Gasteiger charge is 2.29. The lowest BCUT2D eigenvalue weighted by atomic mass is 10.1. The maximum Gasteiger partial charge on any atom is 0.407 e. The molecule has 1 amide bonds. The van der Waals surface area contributed by atoms with E-state index >= 15 is 0 Å². The third-order valence-corrected chi connectivity index (χ3v) is 2.43. The first-order chi connectivity index (χ1) is 8.56. The van der Waals surface area contributed by atoms with Gasteiger partial charge in [0, 0.05) is 0 Å². The molecule has 0 heterocycles. The summed E-state index contributed by atoms with van der Waals surface area (Å²) in [6, 6.07) is -1.08. The van der Waals surface area contributed by atoms with Crippen molar-refractivity contribution in [3.8, 4) is 0 Å². The Bertz CT molecular complexity index is 257. The molecule has 0 aliphatic carbocycles. The van der Waals surface area contributed by atoms with Gasteiger partial charge in [-0.05, 0) is 12.8 Å². The van der Waals surface area contributed by atoms with Gasteiger partial charge in [-0.15, -0.1) is 0 Å². The first-order valence-corrected chi connectivity index (χ1v) is 6.25. The van der Waals surface area contributed by atoms with Gasteiger partial charge in [0.25, 0.3) is 0 Å². The summed E-state index contributed by atoms with van der Waals surface area (Å²) in [7, 11) is 1.21. The van der Waals surface area contributed by atoms with E-state index in [9.17, 15) is 14.7 Å². The predicted octanol–water partition coefficient (Wildman–Crippen LogP) is 1.22. The molecule has 18 heavy (non-hydrogen) atoms. The maximum absolute atomic E-state index is 11.4. The number of esters is 1. The molecule has 0 aromatic heterocycles. The van der Waals surface area contributed by atoms with Gasteiger partial charge in [-0.25, -0.2) is 9.59 Å². The molecular formula is C12H23NO5. The predicted molar refractivity (Wildman–Crippen MR) is 66.1 cm³/mol. The Labute approximate surface area is 108 Å². The Morgan fingerprint density at radius 3 is 2.44 bits per heavy atom. The number of carbonyl (C=O) groups excluding carboxylic acids is 2. The number of ether oxygens (including phenoxy) is 2. The van der Waals surface area contributed by atoms with Crippen LogP contribution in [0.4, 0.5) is 4.79 Å². The molecule has 0 aliphatic heterocycles. The number of rotatable bonds is 8. The van der Waals surface area contributed by atoms with E-state index in [0.717, 1.165) is 12.8 Å². The molecule has 0 spiro atoms. The van der Waals surface area contributed by atoms with E-state index < -0.39 is 24.2 Å². The highest BCUT2D eigenvalue weighted by molar-refractivity contribution is 5.81. The van der Waals surface area contributed by atoms with Crippen LogP contribution >= 0.6 is 0 Å². The standard InChI is InChI=1S/C12H23NO5/c1-4-6-8-18-12(16)13-10(11(15)17-3)9(14)7-5-2/h9-10,14H,4-8H2,1-3H3,(H,13,16). The summed E-state index contributed by atoms with van der Waals surface area (Å²) in [6.07, 6.45) is 1.08. The fraction of sp³-hybridized carbons (Fsp3) is 0.833. The number of unbranched alkanes of at least 4 members (excludes halogenated alkanes) is 1. The lowest BCUT2D eigenvalue weighted by Gasteiger charge is -2.21. The van der Waals surface area contributed by atoms with Gasteiger partial charge in [0.1, 0.15) is 0 Å². The van der Waals surface area contributed by atoms with Crippen LogP contribution in [0.2, 0.25) is 0 Å². The number of hydrogen-bond donors (Lipinski definition) is 2. The molecule has 106 valence electrons. The number of nitrogens with one attached hydrogen (secondary N) is 1. The van der Waals surface area contributed by atoms with Crippen molar-refractivity contribution in [2.45, 2.75) is 51.7 Å². The van der Waals surface area contributed by atoms with Crippen molar-refractivity contribution < 1.29 is 24.2 Å². The Kier molecular flexibility index (Phi) is 9.00. The molecule has 2 unspecified atom stereocenters. The molecule has 0 saturated carbocycles.